The Balaban J connectivity index is 2.09. The molecule has 0 atom stereocenters. The van der Waals surface area contributed by atoms with Crippen LogP contribution in [0.5, 0.6) is 0 Å². The maximum Gasteiger partial charge on any atom is 0.416 e. The molecule has 23 heavy (non-hydrogen) atoms. The van der Waals surface area contributed by atoms with Crippen molar-refractivity contribution in [3.05, 3.63) is 71.3 Å². The maximum atomic E-state index is 13.4. The van der Waals surface area contributed by atoms with Gasteiger partial charge < -0.3 is 5.32 Å². The molecule has 2 aromatic rings. The number of benzene rings is 2. The van der Waals surface area contributed by atoms with Crippen LogP contribution >= 0.6 is 0 Å². The minimum Gasteiger partial charge on any atom is -0.320 e. The number of carbonyl (C=O) groups is 1. The molecule has 0 heterocycles. The first-order chi connectivity index (χ1) is 10.8. The lowest BCUT2D eigenvalue weighted by atomic mass is 10.1. The van der Waals surface area contributed by atoms with Gasteiger partial charge in [0.15, 0.2) is 0 Å². The largest absolute Gasteiger partial charge is 0.416 e. The fourth-order valence-corrected chi connectivity index (χ4v) is 1.76. The van der Waals surface area contributed by atoms with Crippen molar-refractivity contribution < 1.29 is 26.7 Å². The summed E-state index contributed by atoms with van der Waals surface area (Å²) >= 11 is 0. The lowest BCUT2D eigenvalue weighted by molar-refractivity contribution is -0.137. The van der Waals surface area contributed by atoms with E-state index in [1.807, 2.05) is 0 Å². The lowest BCUT2D eigenvalue weighted by Crippen LogP contribution is -2.09. The highest BCUT2D eigenvalue weighted by atomic mass is 19.4. The smallest absolute Gasteiger partial charge is 0.320 e. The molecule has 0 unspecified atom stereocenters. The molecule has 120 valence electrons. The molecule has 2 rings (SSSR count). The molecule has 0 saturated heterocycles. The second-order valence-corrected chi connectivity index (χ2v) is 4.57. The molecule has 0 fully saturated rings. The second kappa shape index (κ2) is 6.60. The predicted molar refractivity (Wildman–Crippen MR) is 75.5 cm³/mol. The van der Waals surface area contributed by atoms with E-state index in [1.165, 1.54) is 12.1 Å². The first-order valence-electron chi connectivity index (χ1n) is 6.37. The van der Waals surface area contributed by atoms with E-state index >= 15 is 0 Å². The Kier molecular flexibility index (Phi) is 4.78. The number of amides is 1. The summed E-state index contributed by atoms with van der Waals surface area (Å²) in [6.45, 7) is 0. The monoisotopic (exact) mass is 327 g/mol. The summed E-state index contributed by atoms with van der Waals surface area (Å²) in [5.74, 6) is -2.50. The Morgan fingerprint density at radius 3 is 2.43 bits per heavy atom. The molecule has 1 amide bonds. The predicted octanol–water partition coefficient (Wildman–Crippen LogP) is 4.64. The molecule has 0 spiro atoms. The Bertz CT molecular complexity index is 752. The van der Waals surface area contributed by atoms with Gasteiger partial charge in [0.25, 0.3) is 0 Å². The van der Waals surface area contributed by atoms with E-state index in [0.717, 1.165) is 36.4 Å². The van der Waals surface area contributed by atoms with Gasteiger partial charge in [0.2, 0.25) is 5.91 Å². The topological polar surface area (TPSA) is 29.1 Å². The van der Waals surface area contributed by atoms with Crippen molar-refractivity contribution in [2.24, 2.45) is 0 Å². The van der Waals surface area contributed by atoms with Crippen LogP contribution in [0.15, 0.2) is 48.5 Å². The number of hydrogen-bond acceptors (Lipinski definition) is 1. The lowest BCUT2D eigenvalue weighted by Gasteiger charge is -2.06. The van der Waals surface area contributed by atoms with Crippen molar-refractivity contribution in [2.45, 2.75) is 6.18 Å². The van der Waals surface area contributed by atoms with E-state index in [9.17, 15) is 26.7 Å². The SMILES string of the molecule is O=C(/C=C/c1cccc(C(F)(F)F)c1)Nc1ccc(F)cc1F. The Morgan fingerprint density at radius 2 is 1.78 bits per heavy atom. The molecule has 0 aliphatic heterocycles. The van der Waals surface area contributed by atoms with E-state index < -0.39 is 29.3 Å². The van der Waals surface area contributed by atoms with Crippen molar-refractivity contribution >= 4 is 17.7 Å². The van der Waals surface area contributed by atoms with Gasteiger partial charge >= 0.3 is 6.18 Å². The van der Waals surface area contributed by atoms with Crippen molar-refractivity contribution in [3.63, 3.8) is 0 Å². The molecule has 0 aliphatic carbocycles. The highest BCUT2D eigenvalue weighted by Crippen LogP contribution is 2.29. The summed E-state index contributed by atoms with van der Waals surface area (Å²) in [7, 11) is 0. The third kappa shape index (κ3) is 4.64. The van der Waals surface area contributed by atoms with Crippen LogP contribution in [0.4, 0.5) is 27.6 Å². The minimum absolute atomic E-state index is 0.162. The molecular weight excluding hydrogens is 317 g/mol. The zero-order valence-corrected chi connectivity index (χ0v) is 11.5. The van der Waals surface area contributed by atoms with Gasteiger partial charge in [-0.15, -0.1) is 0 Å². The Labute approximate surface area is 128 Å². The molecule has 7 heteroatoms. The van der Waals surface area contributed by atoms with Crippen LogP contribution in [-0.4, -0.2) is 5.91 Å². The standard InChI is InChI=1S/C16H10F5NO/c17-12-5-6-14(13(18)9-12)22-15(23)7-4-10-2-1-3-11(8-10)16(19,20)21/h1-9H,(H,22,23)/b7-4+. The average molecular weight is 327 g/mol. The number of nitrogens with one attached hydrogen (secondary N) is 1. The van der Waals surface area contributed by atoms with Crippen LogP contribution in [0.1, 0.15) is 11.1 Å². The highest BCUT2D eigenvalue weighted by Gasteiger charge is 2.30. The number of halogens is 5. The molecule has 2 aromatic carbocycles. The fourth-order valence-electron chi connectivity index (χ4n) is 1.76. The summed E-state index contributed by atoms with van der Waals surface area (Å²) in [4.78, 5) is 11.6. The van der Waals surface area contributed by atoms with E-state index in [1.54, 1.807) is 0 Å². The van der Waals surface area contributed by atoms with E-state index in [-0.39, 0.29) is 11.3 Å². The van der Waals surface area contributed by atoms with Crippen LogP contribution in [0.3, 0.4) is 0 Å². The van der Waals surface area contributed by atoms with Crippen molar-refractivity contribution in [1.82, 2.24) is 0 Å². The first-order valence-corrected chi connectivity index (χ1v) is 6.37. The number of rotatable bonds is 3. The first kappa shape index (κ1) is 16.7. The van der Waals surface area contributed by atoms with Crippen LogP contribution in [0.25, 0.3) is 6.08 Å². The van der Waals surface area contributed by atoms with Crippen molar-refractivity contribution in [1.29, 1.82) is 0 Å². The number of carbonyl (C=O) groups excluding carboxylic acids is 1. The van der Waals surface area contributed by atoms with Crippen LogP contribution < -0.4 is 5.32 Å². The number of hydrogen-bond donors (Lipinski definition) is 1. The van der Waals surface area contributed by atoms with Crippen LogP contribution in [-0.2, 0) is 11.0 Å². The summed E-state index contributed by atoms with van der Waals surface area (Å²) in [5, 5.41) is 2.16. The summed E-state index contributed by atoms with van der Waals surface area (Å²) in [6, 6.07) is 6.99. The van der Waals surface area contributed by atoms with Gasteiger partial charge in [-0.25, -0.2) is 8.78 Å². The molecule has 0 bridgehead atoms. The fraction of sp³-hybridized carbons (Fsp3) is 0.0625. The van der Waals surface area contributed by atoms with Gasteiger partial charge in [0, 0.05) is 12.1 Å². The van der Waals surface area contributed by atoms with Gasteiger partial charge in [-0.1, -0.05) is 12.1 Å². The third-order valence-electron chi connectivity index (χ3n) is 2.83. The second-order valence-electron chi connectivity index (χ2n) is 4.57. The van der Waals surface area contributed by atoms with Gasteiger partial charge in [-0.2, -0.15) is 13.2 Å². The summed E-state index contributed by atoms with van der Waals surface area (Å²) < 4.78 is 63.8. The molecule has 2 nitrogen and oxygen atoms in total. The zero-order valence-electron chi connectivity index (χ0n) is 11.5. The van der Waals surface area contributed by atoms with Crippen LogP contribution in [0.2, 0.25) is 0 Å². The molecule has 0 aromatic heterocycles. The van der Waals surface area contributed by atoms with Crippen molar-refractivity contribution in [3.8, 4) is 0 Å². The average Bonchev–Trinajstić information content (AvgIpc) is 2.47. The van der Waals surface area contributed by atoms with Gasteiger partial charge in [0.05, 0.1) is 11.3 Å². The van der Waals surface area contributed by atoms with E-state index in [4.69, 9.17) is 0 Å². The maximum absolute atomic E-state index is 13.4. The Morgan fingerprint density at radius 1 is 1.04 bits per heavy atom. The molecule has 0 radical (unpaired) electrons. The van der Waals surface area contributed by atoms with E-state index in [0.29, 0.717) is 6.07 Å². The third-order valence-corrected chi connectivity index (χ3v) is 2.83. The van der Waals surface area contributed by atoms with Gasteiger partial charge in [0.1, 0.15) is 11.6 Å². The number of anilines is 1. The molecular formula is C16H10F5NO. The molecule has 1 N–H and O–H groups in total. The van der Waals surface area contributed by atoms with Gasteiger partial charge in [-0.3, -0.25) is 4.79 Å². The summed E-state index contributed by atoms with van der Waals surface area (Å²) in [6.07, 6.45) is -2.37. The Hall–Kier alpha value is -2.70. The number of alkyl halides is 3. The molecule has 0 aliphatic rings. The summed E-state index contributed by atoms with van der Waals surface area (Å²) in [5.41, 5.74) is -0.913. The minimum atomic E-state index is -4.48. The molecule has 0 saturated carbocycles. The highest BCUT2D eigenvalue weighted by molar-refractivity contribution is 6.01. The van der Waals surface area contributed by atoms with Crippen LogP contribution in [0, 0.1) is 11.6 Å². The van der Waals surface area contributed by atoms with Gasteiger partial charge in [-0.05, 0) is 35.9 Å². The van der Waals surface area contributed by atoms with E-state index in [2.05, 4.69) is 5.32 Å². The van der Waals surface area contributed by atoms with Crippen molar-refractivity contribution in [2.75, 3.05) is 5.32 Å². The quantitative estimate of drug-likeness (QED) is 0.646. The normalized spacial score (nSPS) is 11.7. The zero-order chi connectivity index (χ0) is 17.0.